The van der Waals surface area contributed by atoms with Crippen molar-refractivity contribution < 1.29 is 24.2 Å². The van der Waals surface area contributed by atoms with Crippen LogP contribution in [0.3, 0.4) is 0 Å². The van der Waals surface area contributed by atoms with Crippen LogP contribution in [0.5, 0.6) is 11.5 Å². The number of benzene rings is 3. The number of rotatable bonds is 10. The Morgan fingerprint density at radius 2 is 1.72 bits per heavy atom. The van der Waals surface area contributed by atoms with Crippen LogP contribution >= 0.6 is 23.2 Å². The first-order chi connectivity index (χ1) is 18.5. The molecule has 0 aliphatic rings. The maximum atomic E-state index is 12.7. The third kappa shape index (κ3) is 7.72. The number of ether oxygens (including phenoxy) is 1. The van der Waals surface area contributed by atoms with Gasteiger partial charge in [-0.15, -0.1) is 0 Å². The van der Waals surface area contributed by atoms with Crippen molar-refractivity contribution >= 4 is 52.6 Å². The second-order valence-electron chi connectivity index (χ2n) is 8.40. The van der Waals surface area contributed by atoms with E-state index in [1.54, 1.807) is 26.0 Å². The molecule has 0 saturated carbocycles. The molecule has 202 valence electrons. The van der Waals surface area contributed by atoms with Crippen molar-refractivity contribution in [1.82, 2.24) is 10.7 Å². The topological polar surface area (TPSA) is 166 Å². The van der Waals surface area contributed by atoms with Gasteiger partial charge < -0.3 is 10.1 Å². The third-order valence-corrected chi connectivity index (χ3v) is 5.98. The highest BCUT2D eigenvalue weighted by Gasteiger charge is 2.25. The molecule has 3 rings (SSSR count). The van der Waals surface area contributed by atoms with E-state index in [4.69, 9.17) is 27.9 Å². The van der Waals surface area contributed by atoms with Crippen LogP contribution in [0.1, 0.15) is 29.8 Å². The zero-order valence-corrected chi connectivity index (χ0v) is 22.0. The summed E-state index contributed by atoms with van der Waals surface area (Å²) in [5, 5.41) is 29.3. The number of carbonyl (C=O) groups excluding carboxylic acids is 2. The van der Waals surface area contributed by atoms with Crippen LogP contribution in [0, 0.1) is 26.1 Å². The molecule has 1 unspecified atom stereocenters. The lowest BCUT2D eigenvalue weighted by atomic mass is 10.0. The quantitative estimate of drug-likeness (QED) is 0.183. The highest BCUT2D eigenvalue weighted by Crippen LogP contribution is 2.34. The van der Waals surface area contributed by atoms with Gasteiger partial charge in [0, 0.05) is 11.6 Å². The number of non-ortho nitro benzene ring substituents is 1. The van der Waals surface area contributed by atoms with Crippen LogP contribution in [0.25, 0.3) is 0 Å². The fourth-order valence-corrected chi connectivity index (χ4v) is 3.57. The van der Waals surface area contributed by atoms with E-state index in [-0.39, 0.29) is 28.0 Å². The summed E-state index contributed by atoms with van der Waals surface area (Å²) in [5.74, 6) is -1.36. The van der Waals surface area contributed by atoms with Gasteiger partial charge in [0.2, 0.25) is 5.75 Å². The molecule has 0 saturated heterocycles. The largest absolute Gasteiger partial charge is 0.450 e. The Bertz CT molecular complexity index is 1460. The Morgan fingerprint density at radius 1 is 0.974 bits per heavy atom. The van der Waals surface area contributed by atoms with E-state index in [2.05, 4.69) is 15.8 Å². The van der Waals surface area contributed by atoms with Gasteiger partial charge in [-0.25, -0.2) is 5.43 Å². The van der Waals surface area contributed by atoms with Crippen molar-refractivity contribution in [2.24, 2.45) is 11.0 Å². The van der Waals surface area contributed by atoms with Crippen molar-refractivity contribution in [3.8, 4) is 11.5 Å². The summed E-state index contributed by atoms with van der Waals surface area (Å²) in [6.07, 6.45) is 1.31. The average molecular weight is 574 g/mol. The lowest BCUT2D eigenvalue weighted by Gasteiger charge is -2.20. The minimum absolute atomic E-state index is 0.189. The molecule has 12 nitrogen and oxygen atoms in total. The van der Waals surface area contributed by atoms with Crippen molar-refractivity contribution in [2.75, 3.05) is 0 Å². The highest BCUT2D eigenvalue weighted by molar-refractivity contribution is 6.42. The van der Waals surface area contributed by atoms with Crippen molar-refractivity contribution in [2.45, 2.75) is 19.9 Å². The van der Waals surface area contributed by atoms with E-state index in [1.165, 1.54) is 36.5 Å². The molecule has 0 spiro atoms. The summed E-state index contributed by atoms with van der Waals surface area (Å²) in [5.41, 5.74) is 2.06. The Hall–Kier alpha value is -4.55. The molecule has 3 aromatic carbocycles. The molecule has 14 heteroatoms. The Morgan fingerprint density at radius 3 is 2.36 bits per heavy atom. The summed E-state index contributed by atoms with van der Waals surface area (Å²) < 4.78 is 5.57. The summed E-state index contributed by atoms with van der Waals surface area (Å²) in [6.45, 7) is 3.50. The molecule has 3 aromatic rings. The second kappa shape index (κ2) is 12.8. The van der Waals surface area contributed by atoms with E-state index in [0.717, 1.165) is 18.2 Å². The molecule has 0 heterocycles. The Kier molecular flexibility index (Phi) is 9.52. The molecule has 0 bridgehead atoms. The molecule has 39 heavy (non-hydrogen) atoms. The maximum Gasteiger partial charge on any atom is 0.318 e. The van der Waals surface area contributed by atoms with Gasteiger partial charge in [-0.2, -0.15) is 5.10 Å². The first-order valence-corrected chi connectivity index (χ1v) is 12.0. The molecule has 0 aliphatic heterocycles. The lowest BCUT2D eigenvalue weighted by Crippen LogP contribution is -2.48. The Balaban J connectivity index is 1.68. The number of hydrazone groups is 1. The second-order valence-corrected chi connectivity index (χ2v) is 9.21. The predicted molar refractivity (Wildman–Crippen MR) is 145 cm³/mol. The molecule has 0 radical (unpaired) electrons. The molecule has 2 N–H and O–H groups in total. The van der Waals surface area contributed by atoms with E-state index in [0.29, 0.717) is 10.6 Å². The number of nitrogens with one attached hydrogen (secondary N) is 2. The minimum atomic E-state index is -0.915. The van der Waals surface area contributed by atoms with Crippen molar-refractivity contribution in [1.29, 1.82) is 0 Å². The van der Waals surface area contributed by atoms with Crippen molar-refractivity contribution in [3.63, 3.8) is 0 Å². The number of carbonyl (C=O) groups is 2. The normalized spacial score (nSPS) is 11.7. The summed E-state index contributed by atoms with van der Waals surface area (Å²) in [6, 6.07) is 12.7. The number of halogens is 2. The summed E-state index contributed by atoms with van der Waals surface area (Å²) in [7, 11) is 0. The molecule has 2 amide bonds. The minimum Gasteiger partial charge on any atom is -0.450 e. The standard InChI is InChI=1S/C25H21Cl2N5O7/c1-14(2)23(29-24(33)16-6-8-19(26)20(27)11-16)25(34)30-28-13-15-4-3-5-18(10-15)39-22-9-7-17(31(35)36)12-21(22)32(37)38/h3-14,23H,1-2H3,(H,29,33)(H,30,34)/b28-13+. The number of nitrogens with zero attached hydrogens (tertiary/aromatic N) is 3. The van der Waals surface area contributed by atoms with Gasteiger partial charge in [-0.3, -0.25) is 29.8 Å². The number of nitro groups is 2. The van der Waals surface area contributed by atoms with Crippen LogP contribution < -0.4 is 15.5 Å². The molecule has 1 atom stereocenters. The van der Waals surface area contributed by atoms with Gasteiger partial charge in [-0.05, 0) is 47.9 Å². The zero-order chi connectivity index (χ0) is 28.7. The monoisotopic (exact) mass is 573 g/mol. The van der Waals surface area contributed by atoms with Crippen molar-refractivity contribution in [3.05, 3.63) is 102 Å². The fourth-order valence-electron chi connectivity index (χ4n) is 3.27. The maximum absolute atomic E-state index is 12.7. The predicted octanol–water partition coefficient (Wildman–Crippen LogP) is 5.51. The van der Waals surface area contributed by atoms with Crippen LogP contribution in [0.2, 0.25) is 10.0 Å². The van der Waals surface area contributed by atoms with Gasteiger partial charge in [0.1, 0.15) is 11.8 Å². The number of hydrogen-bond acceptors (Lipinski definition) is 8. The van der Waals surface area contributed by atoms with E-state index in [1.807, 2.05) is 0 Å². The summed E-state index contributed by atoms with van der Waals surface area (Å²) in [4.78, 5) is 46.1. The number of amides is 2. The van der Waals surface area contributed by atoms with Gasteiger partial charge in [0.05, 0.1) is 32.2 Å². The molecular weight excluding hydrogens is 553 g/mol. The number of hydrogen-bond donors (Lipinski definition) is 2. The third-order valence-electron chi connectivity index (χ3n) is 5.24. The first-order valence-electron chi connectivity index (χ1n) is 11.3. The van der Waals surface area contributed by atoms with E-state index >= 15 is 0 Å². The highest BCUT2D eigenvalue weighted by atomic mass is 35.5. The van der Waals surface area contributed by atoms with Crippen LogP contribution in [0.15, 0.2) is 65.8 Å². The Labute approximate surface area is 231 Å². The van der Waals surface area contributed by atoms with E-state index in [9.17, 15) is 29.8 Å². The SMILES string of the molecule is CC(C)C(NC(=O)c1ccc(Cl)c(Cl)c1)C(=O)N/N=C/c1cccc(Oc2ccc([N+](=O)[O-])cc2[N+](=O)[O-])c1. The smallest absolute Gasteiger partial charge is 0.318 e. The van der Waals surface area contributed by atoms with Gasteiger partial charge >= 0.3 is 5.69 Å². The zero-order valence-electron chi connectivity index (χ0n) is 20.5. The average Bonchev–Trinajstić information content (AvgIpc) is 2.88. The lowest BCUT2D eigenvalue weighted by molar-refractivity contribution is -0.394. The van der Waals surface area contributed by atoms with Gasteiger partial charge in [0.25, 0.3) is 17.5 Å². The molecule has 0 aromatic heterocycles. The molecule has 0 fully saturated rings. The van der Waals surface area contributed by atoms with E-state index < -0.39 is 39.1 Å². The van der Waals surface area contributed by atoms with Gasteiger partial charge in [-0.1, -0.05) is 49.2 Å². The summed E-state index contributed by atoms with van der Waals surface area (Å²) >= 11 is 11.9. The van der Waals surface area contributed by atoms with Crippen LogP contribution in [0.4, 0.5) is 11.4 Å². The number of nitro benzene ring substituents is 2. The van der Waals surface area contributed by atoms with Crippen LogP contribution in [-0.2, 0) is 4.79 Å². The first kappa shape index (κ1) is 29.0. The van der Waals surface area contributed by atoms with Crippen LogP contribution in [-0.4, -0.2) is 33.9 Å². The van der Waals surface area contributed by atoms with Gasteiger partial charge in [0.15, 0.2) is 0 Å². The molecular formula is C25H21Cl2N5O7. The molecule has 0 aliphatic carbocycles. The fraction of sp³-hybridized carbons (Fsp3) is 0.160.